The van der Waals surface area contributed by atoms with E-state index in [0.29, 0.717) is 0 Å². The fourth-order valence-electron chi connectivity index (χ4n) is 2.23. The predicted molar refractivity (Wildman–Crippen MR) is 81.0 cm³/mol. The number of methoxy groups -OCH3 is 1. The highest BCUT2D eigenvalue weighted by Crippen LogP contribution is 2.18. The summed E-state index contributed by atoms with van der Waals surface area (Å²) in [7, 11) is 3.69. The van der Waals surface area contributed by atoms with Crippen molar-refractivity contribution in [3.8, 4) is 5.75 Å². The SMILES string of the molecule is COc1ccc(CNc2nc3ccccc3n2C)cc1. The number of para-hydroxylation sites is 2. The molecule has 0 aliphatic carbocycles. The van der Waals surface area contributed by atoms with Gasteiger partial charge in [0.25, 0.3) is 0 Å². The van der Waals surface area contributed by atoms with E-state index < -0.39 is 0 Å². The van der Waals surface area contributed by atoms with Gasteiger partial charge in [0.05, 0.1) is 18.1 Å². The lowest BCUT2D eigenvalue weighted by Gasteiger charge is -2.07. The van der Waals surface area contributed by atoms with Crippen molar-refractivity contribution in [2.45, 2.75) is 6.54 Å². The molecule has 0 fully saturated rings. The zero-order valence-corrected chi connectivity index (χ0v) is 11.6. The van der Waals surface area contributed by atoms with Gasteiger partial charge in [0.1, 0.15) is 5.75 Å². The highest BCUT2D eigenvalue weighted by atomic mass is 16.5. The number of anilines is 1. The van der Waals surface area contributed by atoms with Gasteiger partial charge >= 0.3 is 0 Å². The maximum Gasteiger partial charge on any atom is 0.203 e. The summed E-state index contributed by atoms with van der Waals surface area (Å²) >= 11 is 0. The standard InChI is InChI=1S/C16H17N3O/c1-19-15-6-4-3-5-14(15)18-16(19)17-11-12-7-9-13(20-2)10-8-12/h3-10H,11H2,1-2H3,(H,17,18). The Morgan fingerprint density at radius 3 is 2.55 bits per heavy atom. The van der Waals surface area contributed by atoms with Crippen molar-refractivity contribution >= 4 is 17.0 Å². The smallest absolute Gasteiger partial charge is 0.203 e. The van der Waals surface area contributed by atoms with E-state index in [1.807, 2.05) is 37.4 Å². The summed E-state index contributed by atoms with van der Waals surface area (Å²) in [6.45, 7) is 0.737. The van der Waals surface area contributed by atoms with Crippen LogP contribution < -0.4 is 10.1 Å². The van der Waals surface area contributed by atoms with Crippen molar-refractivity contribution in [3.63, 3.8) is 0 Å². The molecule has 0 amide bonds. The molecule has 20 heavy (non-hydrogen) atoms. The van der Waals surface area contributed by atoms with Gasteiger partial charge in [0.2, 0.25) is 5.95 Å². The minimum absolute atomic E-state index is 0.737. The monoisotopic (exact) mass is 267 g/mol. The summed E-state index contributed by atoms with van der Waals surface area (Å²) in [5, 5.41) is 3.37. The maximum absolute atomic E-state index is 5.15. The Bertz CT molecular complexity index is 716. The van der Waals surface area contributed by atoms with E-state index >= 15 is 0 Å². The Kier molecular flexibility index (Phi) is 3.29. The normalized spacial score (nSPS) is 10.7. The molecule has 0 radical (unpaired) electrons. The van der Waals surface area contributed by atoms with Crippen LogP contribution in [0.3, 0.4) is 0 Å². The number of nitrogens with zero attached hydrogens (tertiary/aromatic N) is 2. The molecule has 0 saturated heterocycles. The largest absolute Gasteiger partial charge is 0.497 e. The van der Waals surface area contributed by atoms with Crippen LogP contribution in [0.15, 0.2) is 48.5 Å². The molecule has 1 heterocycles. The molecular formula is C16H17N3O. The van der Waals surface area contributed by atoms with E-state index in [9.17, 15) is 0 Å². The first kappa shape index (κ1) is 12.5. The molecular weight excluding hydrogens is 250 g/mol. The molecule has 2 aromatic carbocycles. The topological polar surface area (TPSA) is 39.1 Å². The Morgan fingerprint density at radius 1 is 1.10 bits per heavy atom. The van der Waals surface area contributed by atoms with Crippen LogP contribution in [-0.4, -0.2) is 16.7 Å². The van der Waals surface area contributed by atoms with Crippen molar-refractivity contribution < 1.29 is 4.74 Å². The molecule has 4 heteroatoms. The molecule has 0 saturated carbocycles. The van der Waals surface area contributed by atoms with E-state index in [1.54, 1.807) is 7.11 Å². The number of hydrogen-bond donors (Lipinski definition) is 1. The Hall–Kier alpha value is -2.49. The number of nitrogens with one attached hydrogen (secondary N) is 1. The highest BCUT2D eigenvalue weighted by molar-refractivity contribution is 5.78. The molecule has 0 aliphatic rings. The summed E-state index contributed by atoms with van der Waals surface area (Å²) < 4.78 is 7.22. The number of aryl methyl sites for hydroxylation is 1. The number of rotatable bonds is 4. The van der Waals surface area contributed by atoms with Gasteiger partial charge < -0.3 is 14.6 Å². The third kappa shape index (κ3) is 2.32. The second-order valence-electron chi connectivity index (χ2n) is 4.68. The van der Waals surface area contributed by atoms with Gasteiger partial charge in [0.15, 0.2) is 0 Å². The first-order chi connectivity index (χ1) is 9.78. The Morgan fingerprint density at radius 2 is 1.85 bits per heavy atom. The van der Waals surface area contributed by atoms with E-state index in [2.05, 4.69) is 33.1 Å². The number of imidazole rings is 1. The molecule has 1 N–H and O–H groups in total. The Labute approximate surface area is 118 Å². The van der Waals surface area contributed by atoms with Crippen LogP contribution in [0.25, 0.3) is 11.0 Å². The second-order valence-corrected chi connectivity index (χ2v) is 4.68. The highest BCUT2D eigenvalue weighted by Gasteiger charge is 2.06. The minimum Gasteiger partial charge on any atom is -0.497 e. The second kappa shape index (κ2) is 5.25. The summed E-state index contributed by atoms with van der Waals surface area (Å²) in [5.41, 5.74) is 3.33. The van der Waals surface area contributed by atoms with Crippen LogP contribution in [-0.2, 0) is 13.6 Å². The van der Waals surface area contributed by atoms with Crippen molar-refractivity contribution in [2.24, 2.45) is 7.05 Å². The number of aromatic nitrogens is 2. The van der Waals surface area contributed by atoms with E-state index in [0.717, 1.165) is 29.3 Å². The summed E-state index contributed by atoms with van der Waals surface area (Å²) in [5.74, 6) is 1.75. The van der Waals surface area contributed by atoms with Crippen LogP contribution in [0.4, 0.5) is 5.95 Å². The van der Waals surface area contributed by atoms with Gasteiger partial charge in [0, 0.05) is 13.6 Å². The van der Waals surface area contributed by atoms with Crippen molar-refractivity contribution in [3.05, 3.63) is 54.1 Å². The lowest BCUT2D eigenvalue weighted by Crippen LogP contribution is -2.04. The molecule has 0 spiro atoms. The van der Waals surface area contributed by atoms with Crippen molar-refractivity contribution in [1.82, 2.24) is 9.55 Å². The third-order valence-electron chi connectivity index (χ3n) is 3.40. The van der Waals surface area contributed by atoms with Crippen LogP contribution in [0, 0.1) is 0 Å². The molecule has 1 aromatic heterocycles. The maximum atomic E-state index is 5.15. The van der Waals surface area contributed by atoms with Crippen LogP contribution in [0.1, 0.15) is 5.56 Å². The molecule has 0 unspecified atom stereocenters. The van der Waals surface area contributed by atoms with Crippen LogP contribution >= 0.6 is 0 Å². The Balaban J connectivity index is 1.77. The fourth-order valence-corrected chi connectivity index (χ4v) is 2.23. The number of benzene rings is 2. The summed E-state index contributed by atoms with van der Waals surface area (Å²) in [4.78, 5) is 4.59. The zero-order valence-electron chi connectivity index (χ0n) is 11.6. The number of hydrogen-bond acceptors (Lipinski definition) is 3. The molecule has 0 atom stereocenters. The minimum atomic E-state index is 0.737. The average Bonchev–Trinajstić information content (AvgIpc) is 2.83. The van der Waals surface area contributed by atoms with Gasteiger partial charge in [-0.1, -0.05) is 24.3 Å². The first-order valence-corrected chi connectivity index (χ1v) is 6.56. The summed E-state index contributed by atoms with van der Waals surface area (Å²) in [6, 6.07) is 16.1. The first-order valence-electron chi connectivity index (χ1n) is 6.56. The zero-order chi connectivity index (χ0) is 13.9. The van der Waals surface area contributed by atoms with E-state index in [-0.39, 0.29) is 0 Å². The van der Waals surface area contributed by atoms with Gasteiger partial charge in [-0.15, -0.1) is 0 Å². The van der Waals surface area contributed by atoms with Crippen LogP contribution in [0.2, 0.25) is 0 Å². The van der Waals surface area contributed by atoms with Crippen molar-refractivity contribution in [2.75, 3.05) is 12.4 Å². The summed E-state index contributed by atoms with van der Waals surface area (Å²) in [6.07, 6.45) is 0. The average molecular weight is 267 g/mol. The fraction of sp³-hybridized carbons (Fsp3) is 0.188. The van der Waals surface area contributed by atoms with Gasteiger partial charge in [-0.05, 0) is 29.8 Å². The quantitative estimate of drug-likeness (QED) is 0.789. The van der Waals surface area contributed by atoms with E-state index in [1.165, 1.54) is 5.56 Å². The van der Waals surface area contributed by atoms with Crippen LogP contribution in [0.5, 0.6) is 5.75 Å². The lowest BCUT2D eigenvalue weighted by atomic mass is 10.2. The van der Waals surface area contributed by atoms with Gasteiger partial charge in [-0.25, -0.2) is 4.98 Å². The molecule has 0 bridgehead atoms. The number of ether oxygens (including phenoxy) is 1. The molecule has 0 aliphatic heterocycles. The van der Waals surface area contributed by atoms with Gasteiger partial charge in [-0.2, -0.15) is 0 Å². The molecule has 102 valence electrons. The van der Waals surface area contributed by atoms with Crippen molar-refractivity contribution in [1.29, 1.82) is 0 Å². The van der Waals surface area contributed by atoms with Gasteiger partial charge in [-0.3, -0.25) is 0 Å². The van der Waals surface area contributed by atoms with E-state index in [4.69, 9.17) is 4.74 Å². The lowest BCUT2D eigenvalue weighted by molar-refractivity contribution is 0.414. The third-order valence-corrected chi connectivity index (χ3v) is 3.40. The molecule has 3 rings (SSSR count). The predicted octanol–water partition coefficient (Wildman–Crippen LogP) is 3.19. The molecule has 3 aromatic rings. The molecule has 4 nitrogen and oxygen atoms in total. The number of fused-ring (bicyclic) bond motifs is 1.